The lowest BCUT2D eigenvalue weighted by molar-refractivity contribution is 0.0398. The molecule has 0 fully saturated rings. The van der Waals surface area contributed by atoms with Gasteiger partial charge in [-0.25, -0.2) is 4.79 Å². The summed E-state index contributed by atoms with van der Waals surface area (Å²) >= 11 is 0. The van der Waals surface area contributed by atoms with Crippen LogP contribution in [0.1, 0.15) is 22.2 Å². The van der Waals surface area contributed by atoms with Crippen LogP contribution >= 0.6 is 0 Å². The van der Waals surface area contributed by atoms with Crippen LogP contribution in [0.3, 0.4) is 0 Å². The van der Waals surface area contributed by atoms with Gasteiger partial charge in [0, 0.05) is 0 Å². The normalized spacial score (nSPS) is 10.7. The summed E-state index contributed by atoms with van der Waals surface area (Å²) in [7, 11) is 0. The van der Waals surface area contributed by atoms with E-state index in [4.69, 9.17) is 22.7 Å². The van der Waals surface area contributed by atoms with Gasteiger partial charge in [-0.1, -0.05) is 18.2 Å². The van der Waals surface area contributed by atoms with E-state index < -0.39 is 5.97 Å². The van der Waals surface area contributed by atoms with Crippen LogP contribution in [0.2, 0.25) is 0 Å². The first-order valence-electron chi connectivity index (χ1n) is 8.08. The number of carbonyl (C=O) groups excluding carboxylic acids is 1. The fraction of sp³-hybridized carbons (Fsp3) is 0.105. The largest absolute Gasteiger partial charge is 0.486 e. The van der Waals surface area contributed by atoms with Gasteiger partial charge >= 0.3 is 5.97 Å². The maximum Gasteiger partial charge on any atom is 0.374 e. The number of para-hydroxylation sites is 1. The zero-order chi connectivity index (χ0) is 18.5. The predicted octanol–water partition coefficient (Wildman–Crippen LogP) is 3.86. The van der Waals surface area contributed by atoms with E-state index in [-0.39, 0.29) is 30.8 Å². The summed E-state index contributed by atoms with van der Waals surface area (Å²) in [5.41, 5.74) is 0. The Hall–Kier alpha value is -3.81. The van der Waals surface area contributed by atoms with Gasteiger partial charge in [0.15, 0.2) is 12.4 Å². The van der Waals surface area contributed by atoms with Gasteiger partial charge in [0.2, 0.25) is 5.76 Å². The summed E-state index contributed by atoms with van der Waals surface area (Å²) in [6.45, 7) is 0.0244. The van der Waals surface area contributed by atoms with Crippen LogP contribution in [0, 0.1) is 0 Å². The van der Waals surface area contributed by atoms with Gasteiger partial charge in [-0.2, -0.15) is 0 Å². The second kappa shape index (κ2) is 7.61. The molecule has 0 unspecified atom stereocenters. The summed E-state index contributed by atoms with van der Waals surface area (Å²) in [6.07, 6.45) is 1.50. The maximum absolute atomic E-state index is 12.1. The number of furan rings is 2. The third-order valence-electron chi connectivity index (χ3n) is 3.51. The van der Waals surface area contributed by atoms with Crippen LogP contribution in [0.15, 0.2) is 74.1 Å². The van der Waals surface area contributed by atoms with Gasteiger partial charge < -0.3 is 22.7 Å². The summed E-state index contributed by atoms with van der Waals surface area (Å²) in [4.78, 5) is 12.1. The van der Waals surface area contributed by atoms with E-state index in [1.165, 1.54) is 12.3 Å². The number of hydrogen-bond acceptors (Lipinski definition) is 8. The summed E-state index contributed by atoms with van der Waals surface area (Å²) in [5, 5.41) is 7.63. The van der Waals surface area contributed by atoms with Gasteiger partial charge in [0.05, 0.1) is 6.26 Å². The fourth-order valence-electron chi connectivity index (χ4n) is 2.25. The first-order chi connectivity index (χ1) is 13.3. The summed E-state index contributed by atoms with van der Waals surface area (Å²) in [5.74, 6) is 1.43. The topological polar surface area (TPSA) is 101 Å². The summed E-state index contributed by atoms with van der Waals surface area (Å²) in [6, 6.07) is 15.9. The molecule has 0 spiro atoms. The molecule has 0 N–H and O–H groups in total. The molecule has 4 rings (SSSR count). The monoisotopic (exact) mass is 366 g/mol. The molecule has 3 heterocycles. The van der Waals surface area contributed by atoms with Crippen molar-refractivity contribution >= 4 is 5.97 Å². The zero-order valence-electron chi connectivity index (χ0n) is 14.0. The van der Waals surface area contributed by atoms with Gasteiger partial charge in [-0.15, -0.1) is 10.2 Å². The highest BCUT2D eigenvalue weighted by Crippen LogP contribution is 2.19. The SMILES string of the molecule is O=C(OCc1nnc(-c2ccco2)o1)c1ccc(COc2ccccc2)o1. The quantitative estimate of drug-likeness (QED) is 0.455. The molecular weight excluding hydrogens is 352 g/mol. The average Bonchev–Trinajstić information content (AvgIpc) is 3.46. The highest BCUT2D eigenvalue weighted by atomic mass is 16.6. The van der Waals surface area contributed by atoms with Gasteiger partial charge in [0.25, 0.3) is 11.8 Å². The number of nitrogens with zero attached hydrogens (tertiary/aromatic N) is 2. The minimum Gasteiger partial charge on any atom is -0.486 e. The Kier molecular flexibility index (Phi) is 4.69. The van der Waals surface area contributed by atoms with Crippen molar-refractivity contribution in [3.63, 3.8) is 0 Å². The van der Waals surface area contributed by atoms with Crippen molar-refractivity contribution < 1.29 is 27.5 Å². The molecule has 0 saturated carbocycles. The number of esters is 1. The second-order valence-corrected chi connectivity index (χ2v) is 5.42. The third kappa shape index (κ3) is 4.06. The average molecular weight is 366 g/mol. The lowest BCUT2D eigenvalue weighted by Crippen LogP contribution is -2.04. The lowest BCUT2D eigenvalue weighted by atomic mass is 10.3. The Labute approximate surface area is 153 Å². The molecule has 8 heteroatoms. The van der Waals surface area contributed by atoms with Crippen molar-refractivity contribution in [2.24, 2.45) is 0 Å². The molecule has 0 aliphatic carbocycles. The standard InChI is InChI=1S/C19H14N2O6/c22-19(25-12-17-20-21-18(27-17)15-7-4-10-23-15)16-9-8-14(26-16)11-24-13-5-2-1-3-6-13/h1-10H,11-12H2. The molecule has 1 aromatic carbocycles. The molecular formula is C19H14N2O6. The maximum atomic E-state index is 12.1. The van der Waals surface area contributed by atoms with Crippen molar-refractivity contribution in [3.8, 4) is 17.4 Å². The van der Waals surface area contributed by atoms with Crippen molar-refractivity contribution in [2.45, 2.75) is 13.2 Å². The van der Waals surface area contributed by atoms with Crippen LogP contribution in [0.4, 0.5) is 0 Å². The van der Waals surface area contributed by atoms with E-state index >= 15 is 0 Å². The first kappa shape index (κ1) is 16.6. The predicted molar refractivity (Wildman–Crippen MR) is 90.6 cm³/mol. The van der Waals surface area contributed by atoms with E-state index in [0.29, 0.717) is 17.3 Å². The van der Waals surface area contributed by atoms with E-state index in [1.54, 1.807) is 18.2 Å². The Bertz CT molecular complexity index is 1000. The van der Waals surface area contributed by atoms with Crippen LogP contribution in [-0.4, -0.2) is 16.2 Å². The molecule has 8 nitrogen and oxygen atoms in total. The van der Waals surface area contributed by atoms with Crippen molar-refractivity contribution in [2.75, 3.05) is 0 Å². The minimum absolute atomic E-state index is 0.0624. The van der Waals surface area contributed by atoms with E-state index in [1.807, 2.05) is 30.3 Å². The minimum atomic E-state index is -0.640. The van der Waals surface area contributed by atoms with E-state index in [2.05, 4.69) is 10.2 Å². The molecule has 0 amide bonds. The van der Waals surface area contributed by atoms with E-state index in [9.17, 15) is 4.79 Å². The number of hydrogen-bond donors (Lipinski definition) is 0. The zero-order valence-corrected chi connectivity index (χ0v) is 14.0. The molecule has 0 bridgehead atoms. The Morgan fingerprint density at radius 2 is 1.81 bits per heavy atom. The number of benzene rings is 1. The molecule has 0 saturated heterocycles. The number of aromatic nitrogens is 2. The molecule has 0 aliphatic heterocycles. The van der Waals surface area contributed by atoms with Crippen molar-refractivity contribution in [1.29, 1.82) is 0 Å². The Balaban J connectivity index is 1.30. The number of rotatable bonds is 7. The Morgan fingerprint density at radius 3 is 2.63 bits per heavy atom. The second-order valence-electron chi connectivity index (χ2n) is 5.42. The van der Waals surface area contributed by atoms with Gasteiger partial charge in [0.1, 0.15) is 18.1 Å². The van der Waals surface area contributed by atoms with Crippen LogP contribution < -0.4 is 4.74 Å². The van der Waals surface area contributed by atoms with E-state index in [0.717, 1.165) is 0 Å². The Morgan fingerprint density at radius 1 is 0.926 bits per heavy atom. The molecule has 0 aliphatic rings. The third-order valence-corrected chi connectivity index (χ3v) is 3.51. The first-order valence-corrected chi connectivity index (χ1v) is 8.08. The molecule has 0 radical (unpaired) electrons. The molecule has 136 valence electrons. The van der Waals surface area contributed by atoms with Crippen molar-refractivity contribution in [3.05, 3.63) is 78.3 Å². The number of ether oxygens (including phenoxy) is 2. The van der Waals surface area contributed by atoms with Crippen LogP contribution in [0.5, 0.6) is 5.75 Å². The smallest absolute Gasteiger partial charge is 0.374 e. The van der Waals surface area contributed by atoms with Crippen LogP contribution in [-0.2, 0) is 18.0 Å². The molecule has 0 atom stereocenters. The van der Waals surface area contributed by atoms with Crippen LogP contribution in [0.25, 0.3) is 11.7 Å². The highest BCUT2D eigenvalue weighted by Gasteiger charge is 2.16. The lowest BCUT2D eigenvalue weighted by Gasteiger charge is -2.03. The molecule has 27 heavy (non-hydrogen) atoms. The molecule has 4 aromatic rings. The highest BCUT2D eigenvalue weighted by molar-refractivity contribution is 5.86. The molecule has 3 aromatic heterocycles. The fourth-order valence-corrected chi connectivity index (χ4v) is 2.25. The van der Waals surface area contributed by atoms with Gasteiger partial charge in [-0.05, 0) is 36.4 Å². The summed E-state index contributed by atoms with van der Waals surface area (Å²) < 4.78 is 26.6. The number of carbonyl (C=O) groups is 1. The van der Waals surface area contributed by atoms with Gasteiger partial charge in [-0.3, -0.25) is 0 Å². The van der Waals surface area contributed by atoms with Crippen molar-refractivity contribution in [1.82, 2.24) is 10.2 Å².